The van der Waals surface area contributed by atoms with Crippen molar-refractivity contribution in [1.82, 2.24) is 4.90 Å². The molecule has 14 heavy (non-hydrogen) atoms. The molecule has 1 nitrogen and oxygen atoms in total. The van der Waals surface area contributed by atoms with Crippen molar-refractivity contribution in [2.24, 2.45) is 11.3 Å². The fraction of sp³-hybridized carbons (Fsp3) is 0.846. The number of piperidine rings is 1. The molecule has 0 aromatic carbocycles. The lowest BCUT2D eigenvalue weighted by Crippen LogP contribution is -2.49. The Morgan fingerprint density at radius 1 is 1.50 bits per heavy atom. The first kappa shape index (κ1) is 10.2. The maximum absolute atomic E-state index is 4.21. The molecule has 1 aliphatic heterocycles. The minimum Gasteiger partial charge on any atom is -0.303 e. The van der Waals surface area contributed by atoms with Crippen LogP contribution in [-0.2, 0) is 0 Å². The Hall–Kier alpha value is -0.300. The number of nitrogens with zero attached hydrogens (tertiary/aromatic N) is 1. The van der Waals surface area contributed by atoms with Gasteiger partial charge in [-0.1, -0.05) is 26.0 Å². The van der Waals surface area contributed by atoms with E-state index in [9.17, 15) is 0 Å². The van der Waals surface area contributed by atoms with Crippen LogP contribution in [0, 0.1) is 11.3 Å². The highest BCUT2D eigenvalue weighted by molar-refractivity contribution is 5.17. The molecular formula is C13H23N. The van der Waals surface area contributed by atoms with E-state index >= 15 is 0 Å². The van der Waals surface area contributed by atoms with Gasteiger partial charge in [-0.15, -0.1) is 0 Å². The number of hydrogen-bond acceptors (Lipinski definition) is 1. The number of fused-ring (bicyclic) bond motifs is 1. The topological polar surface area (TPSA) is 3.24 Å². The van der Waals surface area contributed by atoms with Crippen LogP contribution in [0.25, 0.3) is 0 Å². The molecule has 1 saturated heterocycles. The lowest BCUT2D eigenvalue weighted by molar-refractivity contribution is 0.0183. The standard InChI is InChI=1S/C13H23N/c1-10(2)13-6-5-7-14(4)12(13)8-11(3)9-13/h10,12H,3,5-9H2,1-2,4H3/t12?,13-/m0/s1. The third kappa shape index (κ3) is 1.33. The van der Waals surface area contributed by atoms with Gasteiger partial charge in [0.2, 0.25) is 0 Å². The van der Waals surface area contributed by atoms with Gasteiger partial charge in [0.1, 0.15) is 0 Å². The van der Waals surface area contributed by atoms with Gasteiger partial charge >= 0.3 is 0 Å². The zero-order valence-electron chi connectivity index (χ0n) is 9.84. The highest BCUT2D eigenvalue weighted by Gasteiger charge is 2.49. The van der Waals surface area contributed by atoms with E-state index in [1.165, 1.54) is 37.8 Å². The lowest BCUT2D eigenvalue weighted by Gasteiger charge is -2.47. The molecule has 2 rings (SSSR count). The lowest BCUT2D eigenvalue weighted by atomic mass is 9.67. The monoisotopic (exact) mass is 193 g/mol. The summed E-state index contributed by atoms with van der Waals surface area (Å²) in [5, 5.41) is 0. The smallest absolute Gasteiger partial charge is 0.0191 e. The van der Waals surface area contributed by atoms with Crippen molar-refractivity contribution in [3.63, 3.8) is 0 Å². The van der Waals surface area contributed by atoms with Crippen LogP contribution in [0.2, 0.25) is 0 Å². The minimum atomic E-state index is 0.560. The molecule has 0 radical (unpaired) electrons. The molecule has 0 spiro atoms. The van der Waals surface area contributed by atoms with E-state index < -0.39 is 0 Å². The van der Waals surface area contributed by atoms with E-state index in [2.05, 4.69) is 32.4 Å². The average Bonchev–Trinajstić information content (AvgIpc) is 2.44. The highest BCUT2D eigenvalue weighted by Crippen LogP contribution is 2.53. The Bertz CT molecular complexity index is 244. The molecule has 0 amide bonds. The summed E-state index contributed by atoms with van der Waals surface area (Å²) in [6.45, 7) is 10.3. The predicted molar refractivity (Wildman–Crippen MR) is 61.3 cm³/mol. The van der Waals surface area contributed by atoms with Crippen molar-refractivity contribution < 1.29 is 0 Å². The van der Waals surface area contributed by atoms with Gasteiger partial charge in [-0.3, -0.25) is 0 Å². The summed E-state index contributed by atoms with van der Waals surface area (Å²) >= 11 is 0. The molecule has 1 heterocycles. The third-order valence-corrected chi connectivity index (χ3v) is 4.56. The molecule has 0 N–H and O–H groups in total. The van der Waals surface area contributed by atoms with E-state index in [1.807, 2.05) is 0 Å². The quantitative estimate of drug-likeness (QED) is 0.578. The van der Waals surface area contributed by atoms with Crippen molar-refractivity contribution in [1.29, 1.82) is 0 Å². The first-order valence-electron chi connectivity index (χ1n) is 5.93. The summed E-state index contributed by atoms with van der Waals surface area (Å²) in [6, 6.07) is 0.781. The molecular weight excluding hydrogens is 170 g/mol. The fourth-order valence-electron chi connectivity index (χ4n) is 3.67. The molecule has 1 saturated carbocycles. The van der Waals surface area contributed by atoms with Crippen LogP contribution < -0.4 is 0 Å². The highest BCUT2D eigenvalue weighted by atomic mass is 15.2. The Labute approximate surface area is 88.2 Å². The SMILES string of the molecule is C=C1CC2N(C)CCC[C@@]2(C(C)C)C1. The van der Waals surface area contributed by atoms with Crippen molar-refractivity contribution in [3.8, 4) is 0 Å². The van der Waals surface area contributed by atoms with Gasteiger partial charge in [0.15, 0.2) is 0 Å². The zero-order chi connectivity index (χ0) is 10.3. The fourth-order valence-corrected chi connectivity index (χ4v) is 3.67. The molecule has 1 unspecified atom stereocenters. The zero-order valence-corrected chi connectivity index (χ0v) is 9.84. The van der Waals surface area contributed by atoms with Crippen LogP contribution in [0.4, 0.5) is 0 Å². The molecule has 80 valence electrons. The van der Waals surface area contributed by atoms with Gasteiger partial charge in [0.25, 0.3) is 0 Å². The molecule has 0 aromatic rings. The Morgan fingerprint density at radius 2 is 2.21 bits per heavy atom. The first-order valence-corrected chi connectivity index (χ1v) is 5.93. The molecule has 2 aliphatic rings. The van der Waals surface area contributed by atoms with E-state index in [0.717, 1.165) is 12.0 Å². The average molecular weight is 193 g/mol. The van der Waals surface area contributed by atoms with E-state index in [0.29, 0.717) is 5.41 Å². The van der Waals surface area contributed by atoms with E-state index in [4.69, 9.17) is 0 Å². The van der Waals surface area contributed by atoms with Gasteiger partial charge in [-0.25, -0.2) is 0 Å². The van der Waals surface area contributed by atoms with Crippen LogP contribution in [0.5, 0.6) is 0 Å². The number of hydrogen-bond donors (Lipinski definition) is 0. The first-order chi connectivity index (χ1) is 6.56. The van der Waals surface area contributed by atoms with Gasteiger partial charge < -0.3 is 4.90 Å². The van der Waals surface area contributed by atoms with Crippen LogP contribution in [0.3, 0.4) is 0 Å². The van der Waals surface area contributed by atoms with Crippen molar-refractivity contribution >= 4 is 0 Å². The summed E-state index contributed by atoms with van der Waals surface area (Å²) in [7, 11) is 2.29. The third-order valence-electron chi connectivity index (χ3n) is 4.56. The van der Waals surface area contributed by atoms with Crippen molar-refractivity contribution in [2.75, 3.05) is 13.6 Å². The van der Waals surface area contributed by atoms with Crippen molar-refractivity contribution in [3.05, 3.63) is 12.2 Å². The van der Waals surface area contributed by atoms with E-state index in [-0.39, 0.29) is 0 Å². The van der Waals surface area contributed by atoms with Gasteiger partial charge in [-0.2, -0.15) is 0 Å². The molecule has 0 bridgehead atoms. The Morgan fingerprint density at radius 3 is 2.79 bits per heavy atom. The van der Waals surface area contributed by atoms with Crippen LogP contribution >= 0.6 is 0 Å². The van der Waals surface area contributed by atoms with Crippen LogP contribution in [0.15, 0.2) is 12.2 Å². The number of likely N-dealkylation sites (tertiary alicyclic amines) is 1. The summed E-state index contributed by atoms with van der Waals surface area (Å²) in [5.74, 6) is 0.800. The van der Waals surface area contributed by atoms with Gasteiger partial charge in [-0.05, 0) is 50.6 Å². The van der Waals surface area contributed by atoms with Gasteiger partial charge in [0.05, 0.1) is 0 Å². The molecule has 2 atom stereocenters. The molecule has 1 aliphatic carbocycles. The summed E-state index contributed by atoms with van der Waals surface area (Å²) in [4.78, 5) is 2.57. The largest absolute Gasteiger partial charge is 0.303 e. The second kappa shape index (κ2) is 3.37. The molecule has 1 heteroatoms. The second-order valence-corrected chi connectivity index (χ2v) is 5.62. The molecule has 0 aromatic heterocycles. The van der Waals surface area contributed by atoms with Crippen molar-refractivity contribution in [2.45, 2.75) is 45.6 Å². The number of rotatable bonds is 1. The van der Waals surface area contributed by atoms with Gasteiger partial charge in [0, 0.05) is 6.04 Å². The maximum atomic E-state index is 4.21. The summed E-state index contributed by atoms with van der Waals surface area (Å²) in [6.07, 6.45) is 5.31. The van der Waals surface area contributed by atoms with E-state index in [1.54, 1.807) is 0 Å². The second-order valence-electron chi connectivity index (χ2n) is 5.62. The predicted octanol–water partition coefficient (Wildman–Crippen LogP) is 3.07. The Kier molecular flexibility index (Phi) is 2.46. The summed E-state index contributed by atoms with van der Waals surface area (Å²) < 4.78 is 0. The van der Waals surface area contributed by atoms with Crippen LogP contribution in [0.1, 0.15) is 39.5 Å². The summed E-state index contributed by atoms with van der Waals surface area (Å²) in [5.41, 5.74) is 2.04. The maximum Gasteiger partial charge on any atom is 0.0191 e. The normalized spacial score (nSPS) is 39.1. The molecule has 2 fully saturated rings. The van der Waals surface area contributed by atoms with Crippen LogP contribution in [-0.4, -0.2) is 24.5 Å². The Balaban J connectivity index is 2.29. The minimum absolute atomic E-state index is 0.560.